The van der Waals surface area contributed by atoms with Gasteiger partial charge in [-0.3, -0.25) is 4.68 Å². The number of thiocarbonyl (C=S) groups is 1. The van der Waals surface area contributed by atoms with Gasteiger partial charge in [0.25, 0.3) is 0 Å². The highest BCUT2D eigenvalue weighted by molar-refractivity contribution is 7.80. The third-order valence-corrected chi connectivity index (χ3v) is 4.55. The summed E-state index contributed by atoms with van der Waals surface area (Å²) in [4.78, 5) is 2.79. The molecule has 6 heteroatoms. The summed E-state index contributed by atoms with van der Waals surface area (Å²) in [5.41, 5.74) is 7.90. The number of anilines is 1. The molecule has 0 unspecified atom stereocenters. The van der Waals surface area contributed by atoms with Crippen molar-refractivity contribution in [3.63, 3.8) is 0 Å². The van der Waals surface area contributed by atoms with Gasteiger partial charge in [0.1, 0.15) is 10.8 Å². The smallest absolute Gasteiger partial charge is 0.134 e. The third-order valence-electron chi connectivity index (χ3n) is 4.35. The molecule has 0 aromatic carbocycles. The van der Waals surface area contributed by atoms with Crippen molar-refractivity contribution in [1.82, 2.24) is 14.7 Å². The van der Waals surface area contributed by atoms with Gasteiger partial charge in [0.2, 0.25) is 0 Å². The molecule has 0 amide bonds. The molecule has 112 valence electrons. The minimum Gasteiger partial charge on any atom is -0.389 e. The van der Waals surface area contributed by atoms with Crippen LogP contribution in [0.3, 0.4) is 0 Å². The second-order valence-electron chi connectivity index (χ2n) is 6.26. The molecule has 0 atom stereocenters. The van der Waals surface area contributed by atoms with Crippen LogP contribution in [0.1, 0.15) is 31.0 Å². The maximum absolute atomic E-state index is 5.82. The second-order valence-corrected chi connectivity index (χ2v) is 6.70. The van der Waals surface area contributed by atoms with Crippen molar-refractivity contribution in [2.45, 2.75) is 26.7 Å². The summed E-state index contributed by atoms with van der Waals surface area (Å²) in [6.45, 7) is 7.53. The fourth-order valence-electron chi connectivity index (χ4n) is 2.79. The molecule has 2 heterocycles. The van der Waals surface area contributed by atoms with Crippen LogP contribution in [0.2, 0.25) is 0 Å². The summed E-state index contributed by atoms with van der Waals surface area (Å²) in [7, 11) is 4.11. The second kappa shape index (κ2) is 5.69. The number of aromatic nitrogens is 2. The molecule has 0 bridgehead atoms. The van der Waals surface area contributed by atoms with Crippen LogP contribution in [-0.4, -0.2) is 46.4 Å². The van der Waals surface area contributed by atoms with Crippen molar-refractivity contribution in [3.8, 4) is 0 Å². The Bertz CT molecular complexity index is 500. The molecule has 0 saturated carbocycles. The maximum atomic E-state index is 5.82. The molecule has 5 nitrogen and oxygen atoms in total. The number of nitrogens with one attached hydrogen (secondary N) is 1. The van der Waals surface area contributed by atoms with Gasteiger partial charge in [-0.2, -0.15) is 5.10 Å². The fourth-order valence-corrected chi connectivity index (χ4v) is 3.03. The molecule has 0 spiro atoms. The summed E-state index contributed by atoms with van der Waals surface area (Å²) in [5.74, 6) is 0.940. The van der Waals surface area contributed by atoms with E-state index in [2.05, 4.69) is 29.3 Å². The average molecular weight is 295 g/mol. The number of nitrogens with two attached hydrogens (primary N) is 1. The van der Waals surface area contributed by atoms with Gasteiger partial charge in [-0.05, 0) is 45.3 Å². The molecule has 0 radical (unpaired) electrons. The van der Waals surface area contributed by atoms with Gasteiger partial charge in [0.15, 0.2) is 0 Å². The van der Waals surface area contributed by atoms with Gasteiger partial charge in [0.05, 0.1) is 11.3 Å². The van der Waals surface area contributed by atoms with E-state index in [9.17, 15) is 0 Å². The molecule has 2 rings (SSSR count). The summed E-state index contributed by atoms with van der Waals surface area (Å²) in [5, 5.41) is 7.93. The number of hydrogen-bond acceptors (Lipinski definition) is 4. The largest absolute Gasteiger partial charge is 0.389 e. The summed E-state index contributed by atoms with van der Waals surface area (Å²) in [6.07, 6.45) is 2.41. The Balaban J connectivity index is 2.09. The van der Waals surface area contributed by atoms with Gasteiger partial charge < -0.3 is 16.0 Å². The molecule has 1 aliphatic heterocycles. The Kier molecular flexibility index (Phi) is 4.34. The minimum atomic E-state index is 0.318. The first-order valence-electron chi connectivity index (χ1n) is 7.08. The van der Waals surface area contributed by atoms with Crippen molar-refractivity contribution >= 4 is 23.0 Å². The maximum Gasteiger partial charge on any atom is 0.134 e. The molecular formula is C14H25N5S. The number of nitrogens with zero attached hydrogens (tertiary/aromatic N) is 3. The molecule has 1 saturated heterocycles. The SMILES string of the molecule is Cc1nn(C)c(NCC2(C)CCN(C)CC2)c1C(N)=S. The quantitative estimate of drug-likeness (QED) is 0.825. The zero-order valence-corrected chi connectivity index (χ0v) is 13.7. The lowest BCUT2D eigenvalue weighted by atomic mass is 9.80. The van der Waals surface area contributed by atoms with E-state index in [4.69, 9.17) is 18.0 Å². The van der Waals surface area contributed by atoms with Crippen LogP contribution in [0, 0.1) is 12.3 Å². The number of rotatable bonds is 4. The first-order valence-corrected chi connectivity index (χ1v) is 7.49. The van der Waals surface area contributed by atoms with E-state index in [0.29, 0.717) is 10.4 Å². The number of hydrogen-bond donors (Lipinski definition) is 2. The lowest BCUT2D eigenvalue weighted by Gasteiger charge is -2.38. The Morgan fingerprint density at radius 2 is 2.00 bits per heavy atom. The topological polar surface area (TPSA) is 59.1 Å². The Hall–Kier alpha value is -1.14. The van der Waals surface area contributed by atoms with Gasteiger partial charge in [-0.1, -0.05) is 19.1 Å². The van der Waals surface area contributed by atoms with Gasteiger partial charge in [-0.25, -0.2) is 0 Å². The van der Waals surface area contributed by atoms with Crippen LogP contribution in [0.5, 0.6) is 0 Å². The highest BCUT2D eigenvalue weighted by atomic mass is 32.1. The molecule has 1 aromatic rings. The molecule has 20 heavy (non-hydrogen) atoms. The van der Waals surface area contributed by atoms with Crippen molar-refractivity contribution in [2.75, 3.05) is 32.0 Å². The molecule has 1 aromatic heterocycles. The number of piperidine rings is 1. The highest BCUT2D eigenvalue weighted by Gasteiger charge is 2.29. The van der Waals surface area contributed by atoms with Crippen LogP contribution in [0.4, 0.5) is 5.82 Å². The van der Waals surface area contributed by atoms with Crippen molar-refractivity contribution in [3.05, 3.63) is 11.3 Å². The third kappa shape index (κ3) is 3.12. The van der Waals surface area contributed by atoms with E-state index in [0.717, 1.165) is 36.7 Å². The summed E-state index contributed by atoms with van der Waals surface area (Å²) in [6, 6.07) is 0. The van der Waals surface area contributed by atoms with Gasteiger partial charge in [-0.15, -0.1) is 0 Å². The van der Waals surface area contributed by atoms with Crippen LogP contribution in [-0.2, 0) is 7.05 Å². The Morgan fingerprint density at radius 1 is 1.40 bits per heavy atom. The summed E-state index contributed by atoms with van der Waals surface area (Å²) >= 11 is 5.14. The van der Waals surface area contributed by atoms with E-state index >= 15 is 0 Å². The van der Waals surface area contributed by atoms with E-state index in [1.165, 1.54) is 12.8 Å². The van der Waals surface area contributed by atoms with Crippen LogP contribution >= 0.6 is 12.2 Å². The van der Waals surface area contributed by atoms with Crippen molar-refractivity contribution in [2.24, 2.45) is 18.2 Å². The summed E-state index contributed by atoms with van der Waals surface area (Å²) < 4.78 is 1.84. The molecule has 1 aliphatic rings. The van der Waals surface area contributed by atoms with Crippen molar-refractivity contribution < 1.29 is 0 Å². The van der Waals surface area contributed by atoms with E-state index in [1.54, 1.807) is 0 Å². The first-order chi connectivity index (χ1) is 9.32. The molecular weight excluding hydrogens is 270 g/mol. The average Bonchev–Trinajstić information content (AvgIpc) is 2.66. The van der Waals surface area contributed by atoms with Crippen LogP contribution < -0.4 is 11.1 Å². The molecule has 3 N–H and O–H groups in total. The Labute approximate surface area is 126 Å². The lowest BCUT2D eigenvalue weighted by Crippen LogP contribution is -2.40. The number of aryl methyl sites for hydroxylation is 2. The van der Waals surface area contributed by atoms with Crippen LogP contribution in [0.15, 0.2) is 0 Å². The van der Waals surface area contributed by atoms with Crippen molar-refractivity contribution in [1.29, 1.82) is 0 Å². The molecule has 1 fully saturated rings. The van der Waals surface area contributed by atoms with E-state index in [1.807, 2.05) is 18.7 Å². The Morgan fingerprint density at radius 3 is 2.55 bits per heavy atom. The highest BCUT2D eigenvalue weighted by Crippen LogP contribution is 2.31. The minimum absolute atomic E-state index is 0.318. The van der Waals surface area contributed by atoms with Gasteiger partial charge in [0, 0.05) is 13.6 Å². The zero-order valence-electron chi connectivity index (χ0n) is 12.9. The standard InChI is InChI=1S/C14H25N5S/c1-10-11(12(15)20)13(19(4)17-10)16-9-14(2)5-7-18(3)8-6-14/h16H,5-9H2,1-4H3,(H2,15,20). The van der Waals surface area contributed by atoms with Gasteiger partial charge >= 0.3 is 0 Å². The first kappa shape index (κ1) is 15.3. The van der Waals surface area contributed by atoms with E-state index in [-0.39, 0.29) is 0 Å². The lowest BCUT2D eigenvalue weighted by molar-refractivity contribution is 0.150. The fraction of sp³-hybridized carbons (Fsp3) is 0.714. The number of likely N-dealkylation sites (tertiary alicyclic amines) is 1. The zero-order chi connectivity index (χ0) is 14.9. The van der Waals surface area contributed by atoms with E-state index < -0.39 is 0 Å². The normalized spacial score (nSPS) is 19.0. The van der Waals surface area contributed by atoms with Crippen LogP contribution in [0.25, 0.3) is 0 Å². The monoisotopic (exact) mass is 295 g/mol. The molecule has 0 aliphatic carbocycles. The predicted molar refractivity (Wildman–Crippen MR) is 87.2 cm³/mol. The predicted octanol–water partition coefficient (Wildman–Crippen LogP) is 1.51.